The molecular weight excluding hydrogens is 284 g/mol. The van der Waals surface area contributed by atoms with Gasteiger partial charge in [-0.05, 0) is 50.3 Å². The van der Waals surface area contributed by atoms with Gasteiger partial charge in [0, 0.05) is 12.8 Å². The largest absolute Gasteiger partial charge is 0.503 e. The van der Waals surface area contributed by atoms with E-state index in [4.69, 9.17) is 15.0 Å². The number of carboxylic acid groups (broad SMARTS) is 2. The molecule has 22 heavy (non-hydrogen) atoms. The molecule has 2 rings (SSSR count). The van der Waals surface area contributed by atoms with Crippen LogP contribution in [0.4, 0.5) is 4.79 Å². The van der Waals surface area contributed by atoms with Gasteiger partial charge in [-0.3, -0.25) is 9.59 Å². The van der Waals surface area contributed by atoms with E-state index in [0.29, 0.717) is 12.8 Å². The summed E-state index contributed by atoms with van der Waals surface area (Å²) in [5.41, 5.74) is 4.64. The maximum absolute atomic E-state index is 12.2. The predicted molar refractivity (Wildman–Crippen MR) is 82.4 cm³/mol. The summed E-state index contributed by atoms with van der Waals surface area (Å²) in [6.07, 6.45) is 0.791. The number of carbonyl (C=O) groups excluding carboxylic acids is 2. The topological polar surface area (TPSA) is 91.7 Å². The van der Waals surface area contributed by atoms with Gasteiger partial charge in [0.2, 0.25) is 0 Å². The SMILES string of the molecule is Cc1cc(C)c(CC(=O)C2CCCC2=O)c(C)c1.O=C(O)O. The average molecular weight is 306 g/mol. The van der Waals surface area contributed by atoms with E-state index in [-0.39, 0.29) is 17.5 Å². The van der Waals surface area contributed by atoms with Crippen LogP contribution in [0.15, 0.2) is 12.1 Å². The minimum absolute atomic E-state index is 0.104. The first-order valence-corrected chi connectivity index (χ1v) is 7.26. The number of rotatable bonds is 3. The first-order chi connectivity index (χ1) is 10.2. The van der Waals surface area contributed by atoms with Gasteiger partial charge >= 0.3 is 6.16 Å². The summed E-state index contributed by atoms with van der Waals surface area (Å²) in [7, 11) is 0. The quantitative estimate of drug-likeness (QED) is 0.836. The van der Waals surface area contributed by atoms with Gasteiger partial charge in [0.25, 0.3) is 0 Å². The van der Waals surface area contributed by atoms with Crippen LogP contribution in [0.3, 0.4) is 0 Å². The molecule has 1 saturated carbocycles. The van der Waals surface area contributed by atoms with Gasteiger partial charge in [-0.2, -0.15) is 0 Å². The second-order valence-electron chi connectivity index (χ2n) is 5.71. The van der Waals surface area contributed by atoms with Crippen LogP contribution in [-0.2, 0) is 16.0 Å². The Labute approximate surface area is 130 Å². The van der Waals surface area contributed by atoms with Crippen LogP contribution in [-0.4, -0.2) is 27.9 Å². The fraction of sp³-hybridized carbons (Fsp3) is 0.471. The zero-order valence-corrected chi connectivity index (χ0v) is 13.2. The number of hydrogen-bond donors (Lipinski definition) is 2. The Hall–Kier alpha value is -2.17. The third kappa shape index (κ3) is 4.98. The molecule has 0 heterocycles. The molecule has 1 aromatic rings. The number of benzene rings is 1. The highest BCUT2D eigenvalue weighted by molar-refractivity contribution is 6.04. The van der Waals surface area contributed by atoms with Crippen LogP contribution in [0.1, 0.15) is 41.5 Å². The number of carbonyl (C=O) groups is 3. The van der Waals surface area contributed by atoms with Gasteiger partial charge in [-0.15, -0.1) is 0 Å². The van der Waals surface area contributed by atoms with E-state index >= 15 is 0 Å². The third-order valence-corrected chi connectivity index (χ3v) is 3.88. The lowest BCUT2D eigenvalue weighted by molar-refractivity contribution is -0.130. The number of ketones is 2. The van der Waals surface area contributed by atoms with E-state index in [1.807, 2.05) is 13.8 Å². The predicted octanol–water partition coefficient (Wildman–Crippen LogP) is 3.32. The molecule has 0 bridgehead atoms. The maximum atomic E-state index is 12.2. The summed E-state index contributed by atoms with van der Waals surface area (Å²) in [5, 5.41) is 13.9. The van der Waals surface area contributed by atoms with Crippen molar-refractivity contribution in [3.63, 3.8) is 0 Å². The van der Waals surface area contributed by atoms with E-state index in [9.17, 15) is 9.59 Å². The highest BCUT2D eigenvalue weighted by Crippen LogP contribution is 2.25. The van der Waals surface area contributed by atoms with E-state index in [0.717, 1.165) is 29.5 Å². The van der Waals surface area contributed by atoms with Crippen molar-refractivity contribution in [2.24, 2.45) is 5.92 Å². The normalized spacial score (nSPS) is 16.9. The molecule has 0 aliphatic heterocycles. The van der Waals surface area contributed by atoms with Crippen molar-refractivity contribution in [2.45, 2.75) is 46.5 Å². The summed E-state index contributed by atoms with van der Waals surface area (Å²) in [5.74, 6) is -0.0833. The molecule has 1 atom stereocenters. The second-order valence-corrected chi connectivity index (χ2v) is 5.71. The highest BCUT2D eigenvalue weighted by Gasteiger charge is 2.30. The Balaban J connectivity index is 0.000000541. The Morgan fingerprint density at radius 1 is 1.14 bits per heavy atom. The standard InChI is InChI=1S/C16H20O2.CH2O3/c1-10-7-11(2)14(12(3)8-10)9-16(18)13-5-4-6-15(13)17;2-1(3)4/h7-8,13H,4-6,9H2,1-3H3;(H2,2,3,4). The molecule has 1 aromatic carbocycles. The Morgan fingerprint density at radius 3 is 2.05 bits per heavy atom. The average Bonchev–Trinajstić information content (AvgIpc) is 2.79. The van der Waals surface area contributed by atoms with E-state index < -0.39 is 6.16 Å². The second kappa shape index (κ2) is 7.73. The lowest BCUT2D eigenvalue weighted by Gasteiger charge is -2.13. The van der Waals surface area contributed by atoms with E-state index in [2.05, 4.69) is 19.1 Å². The van der Waals surface area contributed by atoms with Gasteiger partial charge in [0.1, 0.15) is 11.6 Å². The molecule has 0 radical (unpaired) electrons. The molecule has 5 nitrogen and oxygen atoms in total. The fourth-order valence-corrected chi connectivity index (χ4v) is 2.94. The minimum Gasteiger partial charge on any atom is -0.450 e. The molecule has 1 fully saturated rings. The monoisotopic (exact) mass is 306 g/mol. The molecule has 0 aromatic heterocycles. The van der Waals surface area contributed by atoms with Crippen LogP contribution in [0.2, 0.25) is 0 Å². The first-order valence-electron chi connectivity index (χ1n) is 7.26. The summed E-state index contributed by atoms with van der Waals surface area (Å²) >= 11 is 0. The molecule has 0 amide bonds. The lowest BCUT2D eigenvalue weighted by Crippen LogP contribution is -2.21. The number of hydrogen-bond acceptors (Lipinski definition) is 3. The van der Waals surface area contributed by atoms with Crippen molar-refractivity contribution in [3.8, 4) is 0 Å². The molecule has 120 valence electrons. The van der Waals surface area contributed by atoms with Gasteiger partial charge in [-0.1, -0.05) is 17.7 Å². The van der Waals surface area contributed by atoms with Gasteiger partial charge < -0.3 is 10.2 Å². The zero-order valence-electron chi connectivity index (χ0n) is 13.2. The first kappa shape index (κ1) is 17.9. The van der Waals surface area contributed by atoms with Crippen molar-refractivity contribution in [1.82, 2.24) is 0 Å². The van der Waals surface area contributed by atoms with Crippen molar-refractivity contribution >= 4 is 17.7 Å². The van der Waals surface area contributed by atoms with E-state index in [1.54, 1.807) is 0 Å². The van der Waals surface area contributed by atoms with Crippen LogP contribution < -0.4 is 0 Å². The summed E-state index contributed by atoms with van der Waals surface area (Å²) in [6.45, 7) is 6.14. The Morgan fingerprint density at radius 2 is 1.64 bits per heavy atom. The Bertz CT molecular complexity index is 562. The number of aryl methyl sites for hydroxylation is 3. The van der Waals surface area contributed by atoms with Crippen LogP contribution in [0.25, 0.3) is 0 Å². The minimum atomic E-state index is -1.83. The summed E-state index contributed by atoms with van der Waals surface area (Å²) < 4.78 is 0. The Kier molecular flexibility index (Phi) is 6.28. The molecular formula is C17H22O5. The maximum Gasteiger partial charge on any atom is 0.503 e. The van der Waals surface area contributed by atoms with Crippen LogP contribution in [0.5, 0.6) is 0 Å². The van der Waals surface area contributed by atoms with E-state index in [1.165, 1.54) is 5.56 Å². The van der Waals surface area contributed by atoms with Crippen LogP contribution >= 0.6 is 0 Å². The van der Waals surface area contributed by atoms with Crippen molar-refractivity contribution in [1.29, 1.82) is 0 Å². The van der Waals surface area contributed by atoms with Gasteiger partial charge in [0.15, 0.2) is 0 Å². The molecule has 1 aliphatic carbocycles. The molecule has 0 saturated heterocycles. The third-order valence-electron chi connectivity index (χ3n) is 3.88. The summed E-state index contributed by atoms with van der Waals surface area (Å²) in [6, 6.07) is 4.21. The summed E-state index contributed by atoms with van der Waals surface area (Å²) in [4.78, 5) is 32.4. The lowest BCUT2D eigenvalue weighted by atomic mass is 9.90. The van der Waals surface area contributed by atoms with Crippen LogP contribution in [0, 0.1) is 26.7 Å². The smallest absolute Gasteiger partial charge is 0.450 e. The molecule has 1 unspecified atom stereocenters. The highest BCUT2D eigenvalue weighted by atomic mass is 16.6. The molecule has 1 aliphatic rings. The zero-order chi connectivity index (χ0) is 16.9. The van der Waals surface area contributed by atoms with Crippen molar-refractivity contribution in [2.75, 3.05) is 0 Å². The number of Topliss-reactive ketones (excluding diaryl/α,β-unsaturated/α-hetero) is 2. The van der Waals surface area contributed by atoms with Crippen molar-refractivity contribution < 1.29 is 24.6 Å². The molecule has 0 spiro atoms. The fourth-order valence-electron chi connectivity index (χ4n) is 2.94. The van der Waals surface area contributed by atoms with Crippen molar-refractivity contribution in [3.05, 3.63) is 34.4 Å². The molecule has 2 N–H and O–H groups in total. The van der Waals surface area contributed by atoms with Gasteiger partial charge in [-0.25, -0.2) is 4.79 Å². The van der Waals surface area contributed by atoms with Gasteiger partial charge in [0.05, 0.1) is 5.92 Å². The molecule has 5 heteroatoms.